The number of aliphatic hydroxyl groups is 1. The van der Waals surface area contributed by atoms with Crippen molar-refractivity contribution in [1.82, 2.24) is 20.5 Å². The normalized spacial score (nSPS) is 18.1. The van der Waals surface area contributed by atoms with Gasteiger partial charge in [-0.3, -0.25) is 4.79 Å². The first-order valence-corrected chi connectivity index (χ1v) is 11.9. The minimum atomic E-state index is -0.894. The van der Waals surface area contributed by atoms with Crippen molar-refractivity contribution >= 4 is 66.8 Å². The summed E-state index contributed by atoms with van der Waals surface area (Å²) >= 11 is 3.29. The molecule has 2 atom stereocenters. The summed E-state index contributed by atoms with van der Waals surface area (Å²) in [5.74, 6) is -0.750. The number of fused-ring (bicyclic) bond motifs is 1. The van der Waals surface area contributed by atoms with Crippen LogP contribution in [0.5, 0.6) is 0 Å². The predicted molar refractivity (Wildman–Crippen MR) is 130 cm³/mol. The smallest absolute Gasteiger partial charge is 0.315 e. The van der Waals surface area contributed by atoms with Crippen LogP contribution in [0.4, 0.5) is 19.9 Å². The van der Waals surface area contributed by atoms with Gasteiger partial charge in [0.1, 0.15) is 15.6 Å². The highest BCUT2D eigenvalue weighted by atomic mass is 127. The second-order valence-corrected chi connectivity index (χ2v) is 9.54. The molecule has 0 spiro atoms. The van der Waals surface area contributed by atoms with Crippen molar-refractivity contribution in [3.05, 3.63) is 51.5 Å². The number of carbonyl (C=O) groups is 2. The Balaban J connectivity index is 1.64. The summed E-state index contributed by atoms with van der Waals surface area (Å²) in [6.07, 6.45) is 0.739. The first kappa shape index (κ1) is 22.7. The van der Waals surface area contributed by atoms with Crippen LogP contribution in [0.25, 0.3) is 10.2 Å². The van der Waals surface area contributed by atoms with Gasteiger partial charge in [-0.25, -0.2) is 14.2 Å². The molecule has 32 heavy (non-hydrogen) atoms. The van der Waals surface area contributed by atoms with Gasteiger partial charge >= 0.3 is 6.03 Å². The van der Waals surface area contributed by atoms with Crippen molar-refractivity contribution in [3.63, 3.8) is 0 Å². The number of amides is 3. The maximum absolute atomic E-state index is 14.5. The van der Waals surface area contributed by atoms with E-state index in [1.807, 2.05) is 22.6 Å². The Morgan fingerprint density at radius 1 is 1.34 bits per heavy atom. The van der Waals surface area contributed by atoms with E-state index in [9.17, 15) is 19.1 Å². The van der Waals surface area contributed by atoms with E-state index in [4.69, 9.17) is 0 Å². The molecular formula is C21H21FIN5O3S. The highest BCUT2D eigenvalue weighted by Gasteiger charge is 2.37. The third-order valence-electron chi connectivity index (χ3n) is 5.09. The number of pyridine rings is 1. The van der Waals surface area contributed by atoms with E-state index in [1.54, 1.807) is 37.4 Å². The molecule has 0 radical (unpaired) electrons. The number of anilines is 2. The number of nitrogens with zero attached hydrogens (tertiary/aromatic N) is 2. The lowest BCUT2D eigenvalue weighted by Gasteiger charge is -2.18. The molecule has 0 aliphatic carbocycles. The molecule has 4 rings (SSSR count). The second-order valence-electron chi connectivity index (χ2n) is 7.30. The third kappa shape index (κ3) is 4.64. The van der Waals surface area contributed by atoms with E-state index in [0.29, 0.717) is 27.3 Å². The number of halogens is 2. The Morgan fingerprint density at radius 2 is 2.16 bits per heavy atom. The summed E-state index contributed by atoms with van der Waals surface area (Å²) in [6.45, 7) is 2.48. The van der Waals surface area contributed by atoms with E-state index in [-0.39, 0.29) is 24.7 Å². The molecule has 0 unspecified atom stereocenters. The first-order valence-electron chi connectivity index (χ1n) is 9.98. The molecule has 1 aliphatic heterocycles. The predicted octanol–water partition coefficient (Wildman–Crippen LogP) is 3.29. The summed E-state index contributed by atoms with van der Waals surface area (Å²) < 4.78 is 15.2. The van der Waals surface area contributed by atoms with Gasteiger partial charge in [0, 0.05) is 34.8 Å². The van der Waals surface area contributed by atoms with Crippen molar-refractivity contribution in [2.75, 3.05) is 25.0 Å². The molecule has 8 nitrogen and oxygen atoms in total. The highest BCUT2D eigenvalue weighted by molar-refractivity contribution is 14.1. The zero-order valence-corrected chi connectivity index (χ0v) is 20.0. The molecule has 1 aliphatic rings. The van der Waals surface area contributed by atoms with Gasteiger partial charge in [-0.1, -0.05) is 11.3 Å². The van der Waals surface area contributed by atoms with Crippen molar-refractivity contribution < 1.29 is 19.1 Å². The number of β-amino-alcohol motifs (C(OH)–C–C–N with tert-alkyl or cyclic N) is 1. The van der Waals surface area contributed by atoms with Gasteiger partial charge in [-0.05, 0) is 59.8 Å². The number of urea groups is 1. The number of hydrogen-bond acceptors (Lipinski definition) is 6. The molecular weight excluding hydrogens is 548 g/mol. The molecule has 2 aromatic heterocycles. The largest absolute Gasteiger partial charge is 0.389 e. The Labute approximate surface area is 201 Å². The van der Waals surface area contributed by atoms with Crippen LogP contribution in [0.1, 0.15) is 17.3 Å². The average Bonchev–Trinajstić information content (AvgIpc) is 3.30. The average molecular weight is 569 g/mol. The lowest BCUT2D eigenvalue weighted by atomic mass is 10.1. The topological polar surface area (TPSA) is 107 Å². The molecule has 3 heterocycles. The number of nitrogens with one attached hydrogen (secondary N) is 3. The summed E-state index contributed by atoms with van der Waals surface area (Å²) in [5.41, 5.74) is 0.616. The van der Waals surface area contributed by atoms with Crippen LogP contribution in [0.3, 0.4) is 0 Å². The fourth-order valence-electron chi connectivity index (χ4n) is 3.58. The highest BCUT2D eigenvalue weighted by Crippen LogP contribution is 2.38. The number of thiophene rings is 1. The van der Waals surface area contributed by atoms with Crippen molar-refractivity contribution in [1.29, 1.82) is 0 Å². The van der Waals surface area contributed by atoms with E-state index >= 15 is 0 Å². The maximum Gasteiger partial charge on any atom is 0.315 e. The molecule has 0 saturated carbocycles. The summed E-state index contributed by atoms with van der Waals surface area (Å²) in [7, 11) is 0. The van der Waals surface area contributed by atoms with Crippen LogP contribution < -0.4 is 16.0 Å². The van der Waals surface area contributed by atoms with Gasteiger partial charge in [0.05, 0.1) is 23.4 Å². The van der Waals surface area contributed by atoms with E-state index < -0.39 is 24.0 Å². The van der Waals surface area contributed by atoms with Gasteiger partial charge in [0.2, 0.25) is 0 Å². The Bertz CT molecular complexity index is 1170. The van der Waals surface area contributed by atoms with Crippen LogP contribution in [-0.4, -0.2) is 58.7 Å². The fraction of sp³-hybridized carbons (Fsp3) is 0.286. The number of carbonyl (C=O) groups excluding carboxylic acids is 2. The van der Waals surface area contributed by atoms with Crippen LogP contribution in [0, 0.1) is 9.39 Å². The number of aromatic nitrogens is 1. The number of aliphatic hydroxyl groups excluding tert-OH is 1. The Hall–Kier alpha value is -2.51. The zero-order chi connectivity index (χ0) is 22.8. The van der Waals surface area contributed by atoms with Crippen LogP contribution in [0.15, 0.2) is 36.5 Å². The monoisotopic (exact) mass is 569 g/mol. The molecule has 168 valence electrons. The van der Waals surface area contributed by atoms with E-state index in [1.165, 1.54) is 22.3 Å². The van der Waals surface area contributed by atoms with Crippen LogP contribution in [0.2, 0.25) is 0 Å². The van der Waals surface area contributed by atoms with E-state index in [2.05, 4.69) is 20.9 Å². The molecule has 1 aromatic carbocycles. The Morgan fingerprint density at radius 3 is 2.91 bits per heavy atom. The molecule has 1 saturated heterocycles. The quantitative estimate of drug-likeness (QED) is 0.353. The van der Waals surface area contributed by atoms with Gasteiger partial charge in [-0.2, -0.15) is 0 Å². The standard InChI is InChI=1S/C21H21FIN5O3S/c1-2-24-21(31)27-15-9-28(10-16(15)29)20(30)17-12-4-3-7-25-18(12)32-19(17)26-14-6-5-11(23)8-13(14)22/h3-8,15-16,26,29H,2,9-10H2,1H3,(H2,24,27,31)/t15-,16+/m0/s1. The number of benzene rings is 1. The summed E-state index contributed by atoms with van der Waals surface area (Å²) in [6, 6.07) is 7.34. The van der Waals surface area contributed by atoms with Crippen molar-refractivity contribution in [2.24, 2.45) is 0 Å². The van der Waals surface area contributed by atoms with Gasteiger partial charge < -0.3 is 26.0 Å². The van der Waals surface area contributed by atoms with Gasteiger partial charge in [-0.15, -0.1) is 0 Å². The molecule has 4 N–H and O–H groups in total. The van der Waals surface area contributed by atoms with Gasteiger partial charge in [0.15, 0.2) is 0 Å². The lowest BCUT2D eigenvalue weighted by molar-refractivity contribution is 0.0768. The molecule has 3 amide bonds. The zero-order valence-electron chi connectivity index (χ0n) is 17.1. The van der Waals surface area contributed by atoms with Gasteiger partial charge in [0.25, 0.3) is 5.91 Å². The maximum atomic E-state index is 14.5. The number of hydrogen-bond donors (Lipinski definition) is 4. The minimum Gasteiger partial charge on any atom is -0.389 e. The minimum absolute atomic E-state index is 0.0742. The van der Waals surface area contributed by atoms with Crippen LogP contribution >= 0.6 is 33.9 Å². The van der Waals surface area contributed by atoms with Crippen molar-refractivity contribution in [2.45, 2.75) is 19.1 Å². The second kappa shape index (κ2) is 9.55. The lowest BCUT2D eigenvalue weighted by Crippen LogP contribution is -2.47. The third-order valence-corrected chi connectivity index (χ3v) is 6.79. The van der Waals surface area contributed by atoms with Crippen molar-refractivity contribution in [3.8, 4) is 0 Å². The first-order chi connectivity index (χ1) is 15.4. The summed E-state index contributed by atoms with van der Waals surface area (Å²) in [5, 5.41) is 19.9. The van der Waals surface area contributed by atoms with E-state index in [0.717, 1.165) is 3.57 Å². The fourth-order valence-corrected chi connectivity index (χ4v) is 5.08. The Kier molecular flexibility index (Phi) is 6.76. The molecule has 3 aromatic rings. The molecule has 0 bridgehead atoms. The SMILES string of the molecule is CCNC(=O)N[C@H]1CN(C(=O)c2c(Nc3ccc(I)cc3F)sc3ncccc23)C[C@H]1O. The number of rotatable bonds is 5. The molecule has 1 fully saturated rings. The number of likely N-dealkylation sites (tertiary alicyclic amines) is 1. The van der Waals surface area contributed by atoms with Crippen LogP contribution in [-0.2, 0) is 0 Å². The molecule has 11 heteroatoms. The summed E-state index contributed by atoms with van der Waals surface area (Å²) in [4.78, 5) is 31.8.